The van der Waals surface area contributed by atoms with Gasteiger partial charge in [0, 0.05) is 16.8 Å². The van der Waals surface area contributed by atoms with Gasteiger partial charge in [-0.1, -0.05) is 18.2 Å². The van der Waals surface area contributed by atoms with Crippen LogP contribution in [0.4, 0.5) is 14.5 Å². The lowest BCUT2D eigenvalue weighted by Crippen LogP contribution is -2.12. The van der Waals surface area contributed by atoms with Gasteiger partial charge < -0.3 is 10.1 Å². The Bertz CT molecular complexity index is 1320. The second kappa shape index (κ2) is 9.20. The van der Waals surface area contributed by atoms with E-state index in [-0.39, 0.29) is 23.8 Å². The molecule has 6 nitrogen and oxygen atoms in total. The van der Waals surface area contributed by atoms with E-state index in [2.05, 4.69) is 15.4 Å². The summed E-state index contributed by atoms with van der Waals surface area (Å²) in [4.78, 5) is 17.1. The molecular formula is C25H22F2N4O2. The molecule has 0 saturated carbocycles. The fourth-order valence-electron chi connectivity index (χ4n) is 3.25. The zero-order valence-electron chi connectivity index (χ0n) is 18.3. The standard InChI is InChI=1S/C25H22F2N4O2/c1-15(2)33-25-29-23(17-6-4-7-19(26)13-17)31(30-25)21-9-5-8-20(14-21)28-24(32)18-10-11-22(27)16(3)12-18/h4-15H,1-3H3,(H,28,32). The van der Waals surface area contributed by atoms with Crippen LogP contribution >= 0.6 is 0 Å². The van der Waals surface area contributed by atoms with E-state index in [0.29, 0.717) is 33.9 Å². The SMILES string of the molecule is Cc1cc(C(=O)Nc2cccc(-n3nc(OC(C)C)nc3-c3cccc(F)c3)c2)ccc1F. The van der Waals surface area contributed by atoms with Crippen molar-refractivity contribution >= 4 is 11.6 Å². The number of carbonyl (C=O) groups is 1. The van der Waals surface area contributed by atoms with Crippen LogP contribution < -0.4 is 10.1 Å². The van der Waals surface area contributed by atoms with E-state index < -0.39 is 5.82 Å². The lowest BCUT2D eigenvalue weighted by atomic mass is 10.1. The van der Waals surface area contributed by atoms with Gasteiger partial charge in [0.2, 0.25) is 0 Å². The van der Waals surface area contributed by atoms with Crippen molar-refractivity contribution in [2.45, 2.75) is 26.9 Å². The first-order valence-corrected chi connectivity index (χ1v) is 10.4. The largest absolute Gasteiger partial charge is 0.460 e. The second-order valence-electron chi connectivity index (χ2n) is 7.78. The Balaban J connectivity index is 1.69. The minimum Gasteiger partial charge on any atom is -0.460 e. The molecule has 0 aliphatic heterocycles. The molecule has 0 aliphatic carbocycles. The highest BCUT2D eigenvalue weighted by Gasteiger charge is 2.17. The van der Waals surface area contributed by atoms with E-state index >= 15 is 0 Å². The third-order valence-corrected chi connectivity index (χ3v) is 4.78. The molecule has 8 heteroatoms. The molecule has 0 fully saturated rings. The molecule has 4 rings (SSSR count). The number of rotatable bonds is 6. The highest BCUT2D eigenvalue weighted by atomic mass is 19.1. The van der Waals surface area contributed by atoms with Gasteiger partial charge in [0.1, 0.15) is 11.6 Å². The predicted molar refractivity (Wildman–Crippen MR) is 122 cm³/mol. The Kier molecular flexibility index (Phi) is 6.17. The molecule has 1 N–H and O–H groups in total. The summed E-state index contributed by atoms with van der Waals surface area (Å²) in [5.74, 6) is -0.751. The third kappa shape index (κ3) is 5.06. The lowest BCUT2D eigenvalue weighted by Gasteiger charge is -2.10. The van der Waals surface area contributed by atoms with Crippen molar-refractivity contribution in [2.75, 3.05) is 5.32 Å². The molecule has 0 unspecified atom stereocenters. The van der Waals surface area contributed by atoms with E-state index in [1.165, 1.54) is 35.0 Å². The minimum atomic E-state index is -0.399. The average molecular weight is 448 g/mol. The predicted octanol–water partition coefficient (Wildman–Crippen LogP) is 5.56. The second-order valence-corrected chi connectivity index (χ2v) is 7.78. The van der Waals surface area contributed by atoms with Gasteiger partial charge in [-0.25, -0.2) is 13.5 Å². The quantitative estimate of drug-likeness (QED) is 0.419. The Morgan fingerprint density at radius 2 is 1.82 bits per heavy atom. The monoisotopic (exact) mass is 448 g/mol. The van der Waals surface area contributed by atoms with Gasteiger partial charge in [0.05, 0.1) is 11.8 Å². The maximum Gasteiger partial charge on any atom is 0.336 e. The molecule has 0 atom stereocenters. The van der Waals surface area contributed by atoms with Crippen molar-refractivity contribution in [1.29, 1.82) is 0 Å². The molecule has 4 aromatic rings. The van der Waals surface area contributed by atoms with Gasteiger partial charge in [-0.2, -0.15) is 4.98 Å². The molecule has 1 aromatic heterocycles. The van der Waals surface area contributed by atoms with Crippen LogP contribution in [0.5, 0.6) is 6.01 Å². The number of aromatic nitrogens is 3. The van der Waals surface area contributed by atoms with Crippen molar-refractivity contribution in [2.24, 2.45) is 0 Å². The fourth-order valence-corrected chi connectivity index (χ4v) is 3.25. The molecule has 0 saturated heterocycles. The molecule has 1 heterocycles. The van der Waals surface area contributed by atoms with E-state index in [1.807, 2.05) is 13.8 Å². The van der Waals surface area contributed by atoms with Crippen LogP contribution in [0, 0.1) is 18.6 Å². The van der Waals surface area contributed by atoms with E-state index in [9.17, 15) is 13.6 Å². The number of carbonyl (C=O) groups excluding carboxylic acids is 1. The van der Waals surface area contributed by atoms with Gasteiger partial charge in [-0.05, 0) is 74.9 Å². The Morgan fingerprint density at radius 1 is 1.03 bits per heavy atom. The fraction of sp³-hybridized carbons (Fsp3) is 0.160. The number of halogens is 2. The summed E-state index contributed by atoms with van der Waals surface area (Å²) in [5.41, 5.74) is 2.35. The highest BCUT2D eigenvalue weighted by molar-refractivity contribution is 6.04. The van der Waals surface area contributed by atoms with E-state index in [1.54, 1.807) is 43.3 Å². The molecule has 3 aromatic carbocycles. The van der Waals surface area contributed by atoms with E-state index in [0.717, 1.165) is 0 Å². The Hall–Kier alpha value is -4.07. The summed E-state index contributed by atoms with van der Waals surface area (Å²) in [5, 5.41) is 7.24. The van der Waals surface area contributed by atoms with Gasteiger partial charge in [-0.15, -0.1) is 5.10 Å². The number of benzene rings is 3. The smallest absolute Gasteiger partial charge is 0.336 e. The van der Waals surface area contributed by atoms with Crippen LogP contribution in [-0.4, -0.2) is 26.8 Å². The molecule has 168 valence electrons. The Morgan fingerprint density at radius 3 is 2.55 bits per heavy atom. The molecule has 33 heavy (non-hydrogen) atoms. The lowest BCUT2D eigenvalue weighted by molar-refractivity contribution is 0.102. The summed E-state index contributed by atoms with van der Waals surface area (Å²) in [6.45, 7) is 5.31. The first-order chi connectivity index (χ1) is 15.8. The maximum absolute atomic E-state index is 13.9. The number of anilines is 1. The first kappa shape index (κ1) is 22.1. The zero-order chi connectivity index (χ0) is 23.5. The average Bonchev–Trinajstić information content (AvgIpc) is 3.19. The molecule has 0 aliphatic rings. The number of aryl methyl sites for hydroxylation is 1. The summed E-state index contributed by atoms with van der Waals surface area (Å²) in [7, 11) is 0. The number of amides is 1. The molecule has 1 amide bonds. The number of nitrogens with one attached hydrogen (secondary N) is 1. The van der Waals surface area contributed by atoms with Crippen LogP contribution in [0.1, 0.15) is 29.8 Å². The van der Waals surface area contributed by atoms with Crippen molar-refractivity contribution in [1.82, 2.24) is 14.8 Å². The van der Waals surface area contributed by atoms with Gasteiger partial charge in [0.15, 0.2) is 5.82 Å². The van der Waals surface area contributed by atoms with Crippen molar-refractivity contribution in [3.05, 3.63) is 89.5 Å². The van der Waals surface area contributed by atoms with Crippen LogP contribution in [-0.2, 0) is 0 Å². The minimum absolute atomic E-state index is 0.147. The normalized spacial score (nSPS) is 11.0. The van der Waals surface area contributed by atoms with Crippen LogP contribution in [0.25, 0.3) is 17.1 Å². The van der Waals surface area contributed by atoms with Crippen molar-refractivity contribution in [3.8, 4) is 23.1 Å². The van der Waals surface area contributed by atoms with Gasteiger partial charge >= 0.3 is 6.01 Å². The molecule has 0 radical (unpaired) electrons. The van der Waals surface area contributed by atoms with Crippen LogP contribution in [0.2, 0.25) is 0 Å². The number of ether oxygens (including phenoxy) is 1. The summed E-state index contributed by atoms with van der Waals surface area (Å²) in [6.07, 6.45) is -0.147. The first-order valence-electron chi connectivity index (χ1n) is 10.4. The molecule has 0 spiro atoms. The number of nitrogens with zero attached hydrogens (tertiary/aromatic N) is 3. The van der Waals surface area contributed by atoms with Crippen molar-refractivity contribution in [3.63, 3.8) is 0 Å². The summed E-state index contributed by atoms with van der Waals surface area (Å²) < 4.78 is 34.6. The number of hydrogen-bond acceptors (Lipinski definition) is 4. The van der Waals surface area contributed by atoms with Gasteiger partial charge in [0.25, 0.3) is 5.91 Å². The van der Waals surface area contributed by atoms with Crippen molar-refractivity contribution < 1.29 is 18.3 Å². The van der Waals surface area contributed by atoms with Gasteiger partial charge in [-0.3, -0.25) is 4.79 Å². The summed E-state index contributed by atoms with van der Waals surface area (Å²) >= 11 is 0. The zero-order valence-corrected chi connectivity index (χ0v) is 18.3. The highest BCUT2D eigenvalue weighted by Crippen LogP contribution is 2.26. The summed E-state index contributed by atoms with van der Waals surface area (Å²) in [6, 6.07) is 17.3. The topological polar surface area (TPSA) is 69.0 Å². The van der Waals surface area contributed by atoms with E-state index in [4.69, 9.17) is 4.74 Å². The van der Waals surface area contributed by atoms with Crippen LogP contribution in [0.3, 0.4) is 0 Å². The molecular weight excluding hydrogens is 426 g/mol. The third-order valence-electron chi connectivity index (χ3n) is 4.78. The maximum atomic E-state index is 13.9. The molecule has 0 bridgehead atoms. The Labute approximate surface area is 189 Å². The number of hydrogen-bond donors (Lipinski definition) is 1. The van der Waals surface area contributed by atoms with Crippen LogP contribution in [0.15, 0.2) is 66.7 Å².